The molecule has 1 amide bonds. The zero-order valence-corrected chi connectivity index (χ0v) is 11.9. The van der Waals surface area contributed by atoms with Crippen LogP contribution in [-0.2, 0) is 4.79 Å². The van der Waals surface area contributed by atoms with Crippen LogP contribution in [0.25, 0.3) is 0 Å². The van der Waals surface area contributed by atoms with E-state index in [1.165, 1.54) is 0 Å². The minimum absolute atomic E-state index is 0.219. The van der Waals surface area contributed by atoms with Gasteiger partial charge in [-0.2, -0.15) is 0 Å². The highest BCUT2D eigenvalue weighted by Crippen LogP contribution is 2.19. The maximum Gasteiger partial charge on any atom is 0.223 e. The molecule has 2 saturated heterocycles. The lowest BCUT2D eigenvalue weighted by atomic mass is 9.91. The van der Waals surface area contributed by atoms with E-state index in [0.717, 1.165) is 38.8 Å². The minimum Gasteiger partial charge on any atom is -0.353 e. The number of likely N-dealkylation sites (tertiary alicyclic amines) is 1. The van der Waals surface area contributed by atoms with Crippen LogP contribution >= 0.6 is 0 Å². The minimum atomic E-state index is 0.219. The van der Waals surface area contributed by atoms with Crippen LogP contribution in [0, 0.1) is 5.92 Å². The third-order valence-electron chi connectivity index (χ3n) is 4.55. The van der Waals surface area contributed by atoms with E-state index in [-0.39, 0.29) is 11.8 Å². The molecule has 104 valence electrons. The van der Waals surface area contributed by atoms with E-state index in [4.69, 9.17) is 0 Å². The maximum atomic E-state index is 12.2. The summed E-state index contributed by atoms with van der Waals surface area (Å²) in [5, 5.41) is 6.66. The van der Waals surface area contributed by atoms with Crippen LogP contribution in [-0.4, -0.2) is 49.1 Å². The van der Waals surface area contributed by atoms with Gasteiger partial charge in [0.25, 0.3) is 0 Å². The summed E-state index contributed by atoms with van der Waals surface area (Å²) in [5.74, 6) is 0.501. The van der Waals surface area contributed by atoms with E-state index in [0.29, 0.717) is 18.1 Å². The lowest BCUT2D eigenvalue weighted by molar-refractivity contribution is -0.127. The Balaban J connectivity index is 1.80. The van der Waals surface area contributed by atoms with E-state index in [1.54, 1.807) is 0 Å². The highest BCUT2D eigenvalue weighted by molar-refractivity contribution is 5.79. The van der Waals surface area contributed by atoms with E-state index in [9.17, 15) is 4.79 Å². The largest absolute Gasteiger partial charge is 0.353 e. The molecule has 0 aromatic heterocycles. The molecular formula is C14H27N3O. The average molecular weight is 253 g/mol. The fraction of sp³-hybridized carbons (Fsp3) is 0.929. The molecule has 0 saturated carbocycles. The van der Waals surface area contributed by atoms with Crippen LogP contribution in [0.5, 0.6) is 0 Å². The zero-order chi connectivity index (χ0) is 13.1. The fourth-order valence-electron chi connectivity index (χ4n) is 3.11. The molecule has 0 radical (unpaired) electrons. The van der Waals surface area contributed by atoms with Gasteiger partial charge in [0.2, 0.25) is 5.91 Å². The van der Waals surface area contributed by atoms with Crippen LogP contribution < -0.4 is 10.6 Å². The van der Waals surface area contributed by atoms with Crippen molar-refractivity contribution in [2.75, 3.05) is 20.1 Å². The molecule has 2 N–H and O–H groups in total. The maximum absolute atomic E-state index is 12.2. The van der Waals surface area contributed by atoms with Crippen molar-refractivity contribution in [2.24, 2.45) is 5.92 Å². The lowest BCUT2D eigenvalue weighted by Crippen LogP contribution is -2.50. The van der Waals surface area contributed by atoms with E-state index >= 15 is 0 Å². The molecular weight excluding hydrogens is 226 g/mol. The van der Waals surface area contributed by atoms with Gasteiger partial charge in [0.15, 0.2) is 0 Å². The summed E-state index contributed by atoms with van der Waals surface area (Å²) < 4.78 is 0. The summed E-state index contributed by atoms with van der Waals surface area (Å²) in [6.07, 6.45) is 4.14. The second-order valence-electron chi connectivity index (χ2n) is 6.14. The van der Waals surface area contributed by atoms with Gasteiger partial charge < -0.3 is 15.5 Å². The summed E-state index contributed by atoms with van der Waals surface area (Å²) in [7, 11) is 2.16. The lowest BCUT2D eigenvalue weighted by Gasteiger charge is -2.36. The number of hydrogen-bond donors (Lipinski definition) is 2. The predicted octanol–water partition coefficient (Wildman–Crippen LogP) is 0.973. The van der Waals surface area contributed by atoms with Crippen LogP contribution in [0.1, 0.15) is 39.5 Å². The molecule has 18 heavy (non-hydrogen) atoms. The summed E-state index contributed by atoms with van der Waals surface area (Å²) in [5.41, 5.74) is 0. The Labute approximate surface area is 110 Å². The second kappa shape index (κ2) is 6.02. The Kier molecular flexibility index (Phi) is 4.62. The third-order valence-corrected chi connectivity index (χ3v) is 4.55. The quantitative estimate of drug-likeness (QED) is 0.771. The first-order valence-corrected chi connectivity index (χ1v) is 7.30. The van der Waals surface area contributed by atoms with Gasteiger partial charge in [-0.15, -0.1) is 0 Å². The van der Waals surface area contributed by atoms with Crippen LogP contribution in [0.3, 0.4) is 0 Å². The molecule has 4 heteroatoms. The second-order valence-corrected chi connectivity index (χ2v) is 6.14. The standard InChI is InChI=1S/C14H27N3O/c1-10-8-12(4-6-15-10)14(18)16-13-5-7-17(3)11(2)9-13/h10-13,15H,4-9H2,1-3H3,(H,16,18). The molecule has 2 heterocycles. The van der Waals surface area contributed by atoms with Crippen molar-refractivity contribution in [3.8, 4) is 0 Å². The zero-order valence-electron chi connectivity index (χ0n) is 11.9. The molecule has 4 atom stereocenters. The monoisotopic (exact) mass is 253 g/mol. The Morgan fingerprint density at radius 3 is 2.72 bits per heavy atom. The first kappa shape index (κ1) is 13.8. The fourth-order valence-corrected chi connectivity index (χ4v) is 3.11. The van der Waals surface area contributed by atoms with Gasteiger partial charge in [0.1, 0.15) is 0 Å². The van der Waals surface area contributed by atoms with Crippen molar-refractivity contribution < 1.29 is 4.79 Å². The van der Waals surface area contributed by atoms with Gasteiger partial charge in [0.05, 0.1) is 0 Å². The van der Waals surface area contributed by atoms with Crippen molar-refractivity contribution in [1.29, 1.82) is 0 Å². The normalized spacial score (nSPS) is 38.4. The Bertz CT molecular complexity index is 295. The van der Waals surface area contributed by atoms with Gasteiger partial charge >= 0.3 is 0 Å². The van der Waals surface area contributed by atoms with Crippen molar-refractivity contribution in [3.05, 3.63) is 0 Å². The number of amides is 1. The number of carbonyl (C=O) groups is 1. The number of nitrogens with one attached hydrogen (secondary N) is 2. The summed E-state index contributed by atoms with van der Waals surface area (Å²) in [6, 6.07) is 1.44. The van der Waals surface area contributed by atoms with Crippen LogP contribution in [0.2, 0.25) is 0 Å². The Morgan fingerprint density at radius 1 is 1.28 bits per heavy atom. The van der Waals surface area contributed by atoms with Crippen LogP contribution in [0.15, 0.2) is 0 Å². The SMILES string of the molecule is CC1CC(C(=O)NC2CCN(C)C(C)C2)CCN1. The topological polar surface area (TPSA) is 44.4 Å². The van der Waals surface area contributed by atoms with Crippen molar-refractivity contribution in [3.63, 3.8) is 0 Å². The third kappa shape index (κ3) is 3.45. The molecule has 2 rings (SSSR count). The molecule has 0 spiro atoms. The average Bonchev–Trinajstić information content (AvgIpc) is 2.34. The number of rotatable bonds is 2. The number of hydrogen-bond acceptors (Lipinski definition) is 3. The van der Waals surface area contributed by atoms with Gasteiger partial charge in [-0.25, -0.2) is 0 Å². The molecule has 2 aliphatic heterocycles. The Hall–Kier alpha value is -0.610. The van der Waals surface area contributed by atoms with E-state index in [2.05, 4.69) is 36.4 Å². The van der Waals surface area contributed by atoms with Gasteiger partial charge in [-0.1, -0.05) is 0 Å². The van der Waals surface area contributed by atoms with Crippen molar-refractivity contribution >= 4 is 5.91 Å². The van der Waals surface area contributed by atoms with Gasteiger partial charge in [0, 0.05) is 30.6 Å². The first-order chi connectivity index (χ1) is 8.56. The molecule has 0 bridgehead atoms. The van der Waals surface area contributed by atoms with Crippen molar-refractivity contribution in [2.45, 2.75) is 57.7 Å². The smallest absolute Gasteiger partial charge is 0.223 e. The Morgan fingerprint density at radius 2 is 2.06 bits per heavy atom. The van der Waals surface area contributed by atoms with Gasteiger partial charge in [-0.05, 0) is 53.1 Å². The number of carbonyl (C=O) groups excluding carboxylic acids is 1. The van der Waals surface area contributed by atoms with Gasteiger partial charge in [-0.3, -0.25) is 4.79 Å². The van der Waals surface area contributed by atoms with Crippen molar-refractivity contribution in [1.82, 2.24) is 15.5 Å². The van der Waals surface area contributed by atoms with E-state index < -0.39 is 0 Å². The summed E-state index contributed by atoms with van der Waals surface area (Å²) in [4.78, 5) is 14.6. The molecule has 0 aliphatic carbocycles. The summed E-state index contributed by atoms with van der Waals surface area (Å²) in [6.45, 7) is 6.47. The van der Waals surface area contributed by atoms with Crippen LogP contribution in [0.4, 0.5) is 0 Å². The predicted molar refractivity (Wildman–Crippen MR) is 73.4 cm³/mol. The van der Waals surface area contributed by atoms with E-state index in [1.807, 2.05) is 0 Å². The molecule has 2 aliphatic rings. The summed E-state index contributed by atoms with van der Waals surface area (Å²) >= 11 is 0. The molecule has 0 aromatic rings. The molecule has 4 nitrogen and oxygen atoms in total. The number of nitrogens with zero attached hydrogens (tertiary/aromatic N) is 1. The molecule has 2 fully saturated rings. The number of piperidine rings is 2. The highest BCUT2D eigenvalue weighted by atomic mass is 16.1. The molecule has 4 unspecified atom stereocenters. The molecule has 0 aromatic carbocycles. The first-order valence-electron chi connectivity index (χ1n) is 7.30. The highest BCUT2D eigenvalue weighted by Gasteiger charge is 2.28.